The first-order chi connectivity index (χ1) is 15.3. The van der Waals surface area contributed by atoms with E-state index in [1.807, 2.05) is 0 Å². The van der Waals surface area contributed by atoms with Crippen molar-refractivity contribution in [3.8, 4) is 0 Å². The molecule has 164 valence electrons. The number of nitro groups is 1. The number of rotatable bonds is 5. The highest BCUT2D eigenvalue weighted by molar-refractivity contribution is 7.94. The molecular formula is C22H19N3O6S. The van der Waals surface area contributed by atoms with E-state index in [4.69, 9.17) is 0 Å². The van der Waals surface area contributed by atoms with Gasteiger partial charge in [-0.05, 0) is 30.5 Å². The van der Waals surface area contributed by atoms with Crippen LogP contribution in [0.25, 0.3) is 0 Å². The number of ketones is 1. The van der Waals surface area contributed by atoms with Gasteiger partial charge in [0.2, 0.25) is 15.7 Å². The average Bonchev–Trinajstić information content (AvgIpc) is 3.57. The molecule has 9 nitrogen and oxygen atoms in total. The molecule has 0 aromatic heterocycles. The number of non-ortho nitro benzene ring substituents is 1. The fourth-order valence-corrected chi connectivity index (χ4v) is 5.55. The summed E-state index contributed by atoms with van der Waals surface area (Å²) in [6, 6.07) is 10.1. The number of nitrogens with zero attached hydrogens (tertiary/aromatic N) is 2. The van der Waals surface area contributed by atoms with Crippen molar-refractivity contribution in [2.75, 3.05) is 16.8 Å². The molecule has 10 heteroatoms. The zero-order chi connectivity index (χ0) is 22.6. The first-order valence-corrected chi connectivity index (χ1v) is 11.8. The summed E-state index contributed by atoms with van der Waals surface area (Å²) >= 11 is 0. The SMILES string of the molecule is O=C1c2ccc([N+](=O)[O-])cc2N(CCC2CC2)C(=O)C1C1=CS(=O)(=O)c2ccccc2N1. The minimum Gasteiger partial charge on any atom is -0.356 e. The number of carbonyl (C=O) groups excluding carboxylic acids is 2. The van der Waals surface area contributed by atoms with Gasteiger partial charge in [0.05, 0.1) is 26.6 Å². The highest BCUT2D eigenvalue weighted by Crippen LogP contribution is 2.40. The van der Waals surface area contributed by atoms with Crippen molar-refractivity contribution in [2.24, 2.45) is 11.8 Å². The molecular weight excluding hydrogens is 434 g/mol. The predicted octanol–water partition coefficient (Wildman–Crippen LogP) is 3.28. The van der Waals surface area contributed by atoms with Gasteiger partial charge in [0, 0.05) is 29.9 Å². The minimum absolute atomic E-state index is 0.0147. The maximum absolute atomic E-state index is 13.5. The summed E-state index contributed by atoms with van der Waals surface area (Å²) in [5, 5.41) is 15.1. The van der Waals surface area contributed by atoms with Gasteiger partial charge in [-0.3, -0.25) is 19.7 Å². The molecule has 0 spiro atoms. The Morgan fingerprint density at radius 1 is 1.12 bits per heavy atom. The molecule has 2 aliphatic heterocycles. The Bertz CT molecular complexity index is 1310. The zero-order valence-corrected chi connectivity index (χ0v) is 17.7. The van der Waals surface area contributed by atoms with Gasteiger partial charge in [0.25, 0.3) is 5.69 Å². The Morgan fingerprint density at radius 3 is 2.59 bits per heavy atom. The standard InChI is InChI=1S/C22H19N3O6S/c26-21-15-8-7-14(25(28)29)11-18(15)24(10-9-13-5-6-13)22(27)20(21)17-12-32(30,31)19-4-2-1-3-16(19)23-17/h1-4,7-8,11-13,20,23H,5-6,9-10H2. The maximum atomic E-state index is 13.5. The topological polar surface area (TPSA) is 127 Å². The Hall–Kier alpha value is -3.53. The Kier molecular flexibility index (Phi) is 4.63. The van der Waals surface area contributed by atoms with E-state index >= 15 is 0 Å². The van der Waals surface area contributed by atoms with E-state index in [9.17, 15) is 28.1 Å². The number of hydrogen-bond acceptors (Lipinski definition) is 7. The Labute approximate surface area is 183 Å². The smallest absolute Gasteiger partial charge is 0.271 e. The van der Waals surface area contributed by atoms with Gasteiger partial charge in [-0.1, -0.05) is 25.0 Å². The third-order valence-corrected chi connectivity index (χ3v) is 7.58. The van der Waals surface area contributed by atoms with Crippen molar-refractivity contribution in [3.05, 3.63) is 69.2 Å². The number of hydrogen-bond donors (Lipinski definition) is 1. The molecule has 1 amide bonds. The van der Waals surface area contributed by atoms with Crippen LogP contribution in [0.2, 0.25) is 0 Å². The molecule has 1 N–H and O–H groups in total. The first kappa shape index (κ1) is 20.4. The largest absolute Gasteiger partial charge is 0.356 e. The number of nitrogens with one attached hydrogen (secondary N) is 1. The van der Waals surface area contributed by atoms with Gasteiger partial charge >= 0.3 is 0 Å². The molecule has 1 atom stereocenters. The Balaban J connectivity index is 1.59. The molecule has 2 aromatic carbocycles. The molecule has 1 unspecified atom stereocenters. The molecule has 1 aliphatic carbocycles. The minimum atomic E-state index is -3.85. The van der Waals surface area contributed by atoms with Crippen LogP contribution in [-0.2, 0) is 14.6 Å². The normalized spacial score (nSPS) is 21.3. The number of nitro benzene ring substituents is 1. The Morgan fingerprint density at radius 2 is 1.88 bits per heavy atom. The lowest BCUT2D eigenvalue weighted by atomic mass is 9.87. The highest BCUT2D eigenvalue weighted by Gasteiger charge is 2.44. The van der Waals surface area contributed by atoms with Crippen LogP contribution in [0.5, 0.6) is 0 Å². The lowest BCUT2D eigenvalue weighted by molar-refractivity contribution is -0.384. The number of Topliss-reactive ketones (excluding diaryl/α,β-unsaturated/α-hetero) is 1. The third-order valence-electron chi connectivity index (χ3n) is 6.05. The fourth-order valence-electron chi connectivity index (χ4n) is 4.20. The zero-order valence-electron chi connectivity index (χ0n) is 16.9. The van der Waals surface area contributed by atoms with E-state index in [1.165, 1.54) is 29.2 Å². The van der Waals surface area contributed by atoms with Crippen molar-refractivity contribution in [2.45, 2.75) is 24.2 Å². The molecule has 0 radical (unpaired) electrons. The summed E-state index contributed by atoms with van der Waals surface area (Å²) in [7, 11) is -3.85. The van der Waals surface area contributed by atoms with E-state index in [0.717, 1.165) is 18.2 Å². The van der Waals surface area contributed by atoms with Crippen LogP contribution in [0, 0.1) is 22.0 Å². The summed E-state index contributed by atoms with van der Waals surface area (Å²) in [5.41, 5.74) is 0.426. The number of fused-ring (bicyclic) bond motifs is 2. The van der Waals surface area contributed by atoms with Crippen molar-refractivity contribution < 1.29 is 22.9 Å². The summed E-state index contributed by atoms with van der Waals surface area (Å²) in [6.07, 6.45) is 2.84. The first-order valence-electron chi connectivity index (χ1n) is 10.2. The van der Waals surface area contributed by atoms with Gasteiger partial charge in [-0.25, -0.2) is 8.42 Å². The molecule has 0 saturated heterocycles. The third kappa shape index (κ3) is 3.36. The summed E-state index contributed by atoms with van der Waals surface area (Å²) in [4.78, 5) is 39.0. The van der Waals surface area contributed by atoms with Crippen LogP contribution in [0.4, 0.5) is 17.1 Å². The van der Waals surface area contributed by atoms with Crippen LogP contribution in [-0.4, -0.2) is 31.6 Å². The van der Waals surface area contributed by atoms with E-state index in [-0.39, 0.29) is 27.5 Å². The van der Waals surface area contributed by atoms with Crippen molar-refractivity contribution in [1.82, 2.24) is 0 Å². The number of carbonyl (C=O) groups is 2. The molecule has 3 aliphatic rings. The molecule has 1 saturated carbocycles. The van der Waals surface area contributed by atoms with Gasteiger partial charge in [-0.15, -0.1) is 0 Å². The molecule has 32 heavy (non-hydrogen) atoms. The fraction of sp³-hybridized carbons (Fsp3) is 0.273. The van der Waals surface area contributed by atoms with Crippen LogP contribution in [0.15, 0.2) is 58.5 Å². The van der Waals surface area contributed by atoms with Crippen LogP contribution in [0.1, 0.15) is 29.6 Å². The molecule has 2 aromatic rings. The van der Waals surface area contributed by atoms with E-state index in [1.54, 1.807) is 18.2 Å². The molecule has 0 bridgehead atoms. The predicted molar refractivity (Wildman–Crippen MR) is 116 cm³/mol. The number of benzene rings is 2. The van der Waals surface area contributed by atoms with Crippen molar-refractivity contribution >= 4 is 38.6 Å². The number of sulfone groups is 1. The van der Waals surface area contributed by atoms with E-state index < -0.39 is 32.4 Å². The molecule has 2 heterocycles. The summed E-state index contributed by atoms with van der Waals surface area (Å²) in [6.45, 7) is 0.304. The van der Waals surface area contributed by atoms with E-state index in [0.29, 0.717) is 24.6 Å². The maximum Gasteiger partial charge on any atom is 0.271 e. The van der Waals surface area contributed by atoms with Crippen LogP contribution in [0.3, 0.4) is 0 Å². The summed E-state index contributed by atoms with van der Waals surface area (Å²) < 4.78 is 25.6. The van der Waals surface area contributed by atoms with E-state index in [2.05, 4.69) is 5.32 Å². The highest BCUT2D eigenvalue weighted by atomic mass is 32.2. The monoisotopic (exact) mass is 453 g/mol. The van der Waals surface area contributed by atoms with Gasteiger partial charge < -0.3 is 10.2 Å². The van der Waals surface area contributed by atoms with Gasteiger partial charge in [-0.2, -0.15) is 0 Å². The molecule has 1 fully saturated rings. The van der Waals surface area contributed by atoms with Gasteiger partial charge in [0.1, 0.15) is 5.92 Å². The second-order valence-corrected chi connectivity index (χ2v) is 9.98. The quantitative estimate of drug-likeness (QED) is 0.418. The van der Waals surface area contributed by atoms with Crippen molar-refractivity contribution in [1.29, 1.82) is 0 Å². The lowest BCUT2D eigenvalue weighted by Gasteiger charge is -2.35. The van der Waals surface area contributed by atoms with Crippen LogP contribution < -0.4 is 10.2 Å². The molecule has 5 rings (SSSR count). The number of anilines is 2. The van der Waals surface area contributed by atoms with Crippen LogP contribution >= 0.6 is 0 Å². The second kappa shape index (κ2) is 7.27. The second-order valence-electron chi connectivity index (χ2n) is 8.22. The lowest BCUT2D eigenvalue weighted by Crippen LogP contribution is -2.47. The van der Waals surface area contributed by atoms with Gasteiger partial charge in [0.15, 0.2) is 5.78 Å². The number of amides is 1. The summed E-state index contributed by atoms with van der Waals surface area (Å²) in [5.74, 6) is -2.06. The number of para-hydroxylation sites is 1. The average molecular weight is 453 g/mol. The van der Waals surface area contributed by atoms with Crippen molar-refractivity contribution in [3.63, 3.8) is 0 Å².